The van der Waals surface area contributed by atoms with Gasteiger partial charge in [-0.05, 0) is 40.2 Å². The third-order valence-corrected chi connectivity index (χ3v) is 5.22. The number of halogens is 2. The SMILES string of the molecule is O=C(O)C1=NN(c2ccccc2Cl)C(c2ccc(Br)s2)C1. The van der Waals surface area contributed by atoms with Gasteiger partial charge in [0.25, 0.3) is 0 Å². The summed E-state index contributed by atoms with van der Waals surface area (Å²) in [6.07, 6.45) is 0.355. The molecule has 21 heavy (non-hydrogen) atoms. The Hall–Kier alpha value is -1.37. The fraction of sp³-hybridized carbons (Fsp3) is 0.143. The quantitative estimate of drug-likeness (QED) is 0.843. The minimum Gasteiger partial charge on any atom is -0.477 e. The molecule has 108 valence electrons. The van der Waals surface area contributed by atoms with Crippen LogP contribution in [0, 0.1) is 0 Å². The van der Waals surface area contributed by atoms with Crippen LogP contribution in [0.3, 0.4) is 0 Å². The third kappa shape index (κ3) is 2.84. The Morgan fingerprint density at radius 1 is 1.38 bits per heavy atom. The lowest BCUT2D eigenvalue weighted by Gasteiger charge is -2.23. The Morgan fingerprint density at radius 3 is 2.76 bits per heavy atom. The van der Waals surface area contributed by atoms with Gasteiger partial charge in [0.2, 0.25) is 0 Å². The van der Waals surface area contributed by atoms with Crippen molar-refractivity contribution < 1.29 is 9.90 Å². The summed E-state index contributed by atoms with van der Waals surface area (Å²) >= 11 is 11.2. The number of anilines is 1. The monoisotopic (exact) mass is 384 g/mol. The Morgan fingerprint density at radius 2 is 2.14 bits per heavy atom. The predicted octanol–water partition coefficient (Wildman–Crippen LogP) is 4.56. The molecule has 1 aromatic heterocycles. The zero-order valence-corrected chi connectivity index (χ0v) is 13.8. The van der Waals surface area contributed by atoms with E-state index in [4.69, 9.17) is 11.6 Å². The summed E-state index contributed by atoms with van der Waals surface area (Å²) in [6.45, 7) is 0. The van der Waals surface area contributed by atoms with Crippen LogP contribution >= 0.6 is 38.9 Å². The smallest absolute Gasteiger partial charge is 0.352 e. The highest BCUT2D eigenvalue weighted by Gasteiger charge is 2.34. The van der Waals surface area contributed by atoms with Crippen LogP contribution in [0.2, 0.25) is 5.02 Å². The van der Waals surface area contributed by atoms with Crippen molar-refractivity contribution in [3.05, 3.63) is 50.1 Å². The van der Waals surface area contributed by atoms with Crippen molar-refractivity contribution in [3.8, 4) is 0 Å². The molecule has 4 nitrogen and oxygen atoms in total. The molecule has 0 spiro atoms. The van der Waals surface area contributed by atoms with Crippen molar-refractivity contribution in [2.75, 3.05) is 5.01 Å². The van der Waals surface area contributed by atoms with E-state index in [0.717, 1.165) is 8.66 Å². The van der Waals surface area contributed by atoms with Gasteiger partial charge in [0.15, 0.2) is 0 Å². The zero-order chi connectivity index (χ0) is 15.0. The number of rotatable bonds is 3. The molecule has 0 aliphatic carbocycles. The molecular weight excluding hydrogens is 376 g/mol. The van der Waals surface area contributed by atoms with Crippen molar-refractivity contribution in [2.45, 2.75) is 12.5 Å². The maximum atomic E-state index is 11.2. The standard InChI is InChI=1S/C14H10BrClN2O2S/c15-13-6-5-12(21-13)11-7-9(14(19)20)17-18(11)10-4-2-1-3-8(10)16/h1-6,11H,7H2,(H,19,20). The number of carboxylic acid groups (broad SMARTS) is 1. The summed E-state index contributed by atoms with van der Waals surface area (Å²) in [7, 11) is 0. The molecule has 0 saturated heterocycles. The summed E-state index contributed by atoms with van der Waals surface area (Å²) in [6, 6.07) is 11.1. The van der Waals surface area contributed by atoms with Crippen molar-refractivity contribution in [3.63, 3.8) is 0 Å². The highest BCUT2D eigenvalue weighted by Crippen LogP contribution is 2.41. The number of thiophene rings is 1. The van der Waals surface area contributed by atoms with Crippen LogP contribution in [0.1, 0.15) is 17.3 Å². The van der Waals surface area contributed by atoms with Gasteiger partial charge in [-0.25, -0.2) is 4.79 Å². The highest BCUT2D eigenvalue weighted by molar-refractivity contribution is 9.11. The van der Waals surface area contributed by atoms with Crippen LogP contribution in [0.15, 0.2) is 45.3 Å². The van der Waals surface area contributed by atoms with Gasteiger partial charge in [-0.3, -0.25) is 5.01 Å². The van der Waals surface area contributed by atoms with Crippen LogP contribution in [0.4, 0.5) is 5.69 Å². The Bertz CT molecular complexity index is 731. The third-order valence-electron chi connectivity index (χ3n) is 3.18. The molecule has 0 amide bonds. The first kappa shape index (κ1) is 14.6. The second kappa shape index (κ2) is 5.79. The van der Waals surface area contributed by atoms with Crippen molar-refractivity contribution in [1.82, 2.24) is 0 Å². The largest absolute Gasteiger partial charge is 0.477 e. The molecule has 0 bridgehead atoms. The first-order valence-corrected chi connectivity index (χ1v) is 8.15. The Kier molecular flexibility index (Phi) is 4.01. The van der Waals surface area contributed by atoms with E-state index in [2.05, 4.69) is 21.0 Å². The van der Waals surface area contributed by atoms with Crippen LogP contribution in [0.25, 0.3) is 0 Å². The lowest BCUT2D eigenvalue weighted by Crippen LogP contribution is -2.17. The fourth-order valence-corrected chi connectivity index (χ4v) is 3.96. The molecule has 1 atom stereocenters. The molecule has 0 saturated carbocycles. The Balaban J connectivity index is 2.04. The van der Waals surface area contributed by atoms with Crippen molar-refractivity contribution in [1.29, 1.82) is 0 Å². The van der Waals surface area contributed by atoms with E-state index in [0.29, 0.717) is 17.1 Å². The maximum absolute atomic E-state index is 11.2. The molecule has 3 rings (SSSR count). The molecule has 2 heterocycles. The molecule has 1 aliphatic rings. The van der Waals surface area contributed by atoms with E-state index >= 15 is 0 Å². The number of carbonyl (C=O) groups is 1. The lowest BCUT2D eigenvalue weighted by molar-refractivity contribution is -0.129. The zero-order valence-electron chi connectivity index (χ0n) is 10.7. The molecule has 1 aliphatic heterocycles. The van der Waals surface area contributed by atoms with Crippen LogP contribution in [0.5, 0.6) is 0 Å². The van der Waals surface area contributed by atoms with Gasteiger partial charge in [-0.2, -0.15) is 5.10 Å². The maximum Gasteiger partial charge on any atom is 0.352 e. The first-order valence-electron chi connectivity index (χ1n) is 6.16. The van der Waals surface area contributed by atoms with Gasteiger partial charge in [-0.15, -0.1) is 11.3 Å². The van der Waals surface area contributed by atoms with Gasteiger partial charge >= 0.3 is 5.97 Å². The van der Waals surface area contributed by atoms with Crippen molar-refractivity contribution in [2.24, 2.45) is 5.10 Å². The van der Waals surface area contributed by atoms with Crippen molar-refractivity contribution >= 4 is 56.2 Å². The summed E-state index contributed by atoms with van der Waals surface area (Å²) in [5.41, 5.74) is 0.856. The number of nitrogens with zero attached hydrogens (tertiary/aromatic N) is 2. The van der Waals surface area contributed by atoms with Gasteiger partial charge in [-0.1, -0.05) is 23.7 Å². The molecule has 0 radical (unpaired) electrons. The van der Waals surface area contributed by atoms with E-state index in [-0.39, 0.29) is 11.8 Å². The van der Waals surface area contributed by atoms with Crippen LogP contribution in [-0.2, 0) is 4.79 Å². The molecule has 1 aromatic carbocycles. The number of benzene rings is 1. The summed E-state index contributed by atoms with van der Waals surface area (Å²) in [5, 5.41) is 15.7. The van der Waals surface area contributed by atoms with E-state index in [9.17, 15) is 9.90 Å². The number of aliphatic carboxylic acids is 1. The fourth-order valence-electron chi connectivity index (χ4n) is 2.23. The minimum absolute atomic E-state index is 0.143. The van der Waals surface area contributed by atoms with Crippen LogP contribution < -0.4 is 5.01 Å². The number of hydrogen-bond acceptors (Lipinski definition) is 4. The van der Waals surface area contributed by atoms with E-state index in [1.54, 1.807) is 22.4 Å². The number of hydrogen-bond donors (Lipinski definition) is 1. The molecule has 0 fully saturated rings. The second-order valence-electron chi connectivity index (χ2n) is 4.51. The number of hydrazone groups is 1. The van der Waals surface area contributed by atoms with E-state index < -0.39 is 5.97 Å². The number of para-hydroxylation sites is 1. The van der Waals surface area contributed by atoms with Gasteiger partial charge in [0.1, 0.15) is 5.71 Å². The second-order valence-corrected chi connectivity index (χ2v) is 7.41. The van der Waals surface area contributed by atoms with Gasteiger partial charge in [0.05, 0.1) is 20.5 Å². The Labute approximate surface area is 138 Å². The minimum atomic E-state index is -0.995. The molecule has 1 unspecified atom stereocenters. The average molecular weight is 386 g/mol. The van der Waals surface area contributed by atoms with Gasteiger partial charge in [0, 0.05) is 11.3 Å². The summed E-state index contributed by atoms with van der Waals surface area (Å²) < 4.78 is 1.00. The van der Waals surface area contributed by atoms with Crippen LogP contribution in [-0.4, -0.2) is 16.8 Å². The molecule has 1 N–H and O–H groups in total. The topological polar surface area (TPSA) is 52.9 Å². The molecule has 7 heteroatoms. The number of carboxylic acids is 1. The normalized spacial score (nSPS) is 17.9. The lowest BCUT2D eigenvalue weighted by atomic mass is 10.1. The predicted molar refractivity (Wildman–Crippen MR) is 88.4 cm³/mol. The summed E-state index contributed by atoms with van der Waals surface area (Å²) in [4.78, 5) is 12.3. The first-order chi connectivity index (χ1) is 10.1. The van der Waals surface area contributed by atoms with E-state index in [1.807, 2.05) is 30.3 Å². The highest BCUT2D eigenvalue weighted by atomic mass is 79.9. The summed E-state index contributed by atoms with van der Waals surface area (Å²) in [5.74, 6) is -0.995. The van der Waals surface area contributed by atoms with E-state index in [1.165, 1.54) is 0 Å². The van der Waals surface area contributed by atoms with Gasteiger partial charge < -0.3 is 5.11 Å². The average Bonchev–Trinajstić information content (AvgIpc) is 3.05. The molecular formula is C14H10BrClN2O2S. The molecule has 2 aromatic rings.